The number of rotatable bonds is 4. The van der Waals surface area contributed by atoms with E-state index >= 15 is 0 Å². The highest BCUT2D eigenvalue weighted by Crippen LogP contribution is 2.29. The first-order chi connectivity index (χ1) is 8.27. The summed E-state index contributed by atoms with van der Waals surface area (Å²) < 4.78 is 0. The van der Waals surface area contributed by atoms with Gasteiger partial charge in [0.15, 0.2) is 5.78 Å². The molecule has 0 radical (unpaired) electrons. The molecule has 0 heterocycles. The molecule has 1 aromatic carbocycles. The number of carbonyl (C=O) groups excluding carboxylic acids is 1. The monoisotopic (exact) mass is 228 g/mol. The molecule has 1 aliphatic rings. The summed E-state index contributed by atoms with van der Waals surface area (Å²) in [5.74, 6) is 0.737. The molecule has 1 unspecified atom stereocenters. The minimum absolute atomic E-state index is 0.293. The summed E-state index contributed by atoms with van der Waals surface area (Å²) in [5, 5.41) is 0. The molecule has 0 bridgehead atoms. The number of allylic oxidation sites excluding steroid dienone is 1. The first-order valence-electron chi connectivity index (χ1n) is 6.53. The maximum absolute atomic E-state index is 11.5. The average molecular weight is 228 g/mol. The van der Waals surface area contributed by atoms with Crippen LogP contribution in [0.1, 0.15) is 37.7 Å². The van der Waals surface area contributed by atoms with E-state index in [2.05, 4.69) is 30.8 Å². The normalized spacial score (nSPS) is 20.6. The molecule has 1 aliphatic carbocycles. The lowest BCUT2D eigenvalue weighted by Gasteiger charge is -2.23. The summed E-state index contributed by atoms with van der Waals surface area (Å²) >= 11 is 0. The third kappa shape index (κ3) is 3.29. The second-order valence-corrected chi connectivity index (χ2v) is 4.92. The van der Waals surface area contributed by atoms with Crippen molar-refractivity contribution in [1.29, 1.82) is 0 Å². The Morgan fingerprint density at radius 1 is 1.24 bits per heavy atom. The quantitative estimate of drug-likeness (QED) is 0.713. The van der Waals surface area contributed by atoms with E-state index in [1.807, 2.05) is 6.07 Å². The van der Waals surface area contributed by atoms with Gasteiger partial charge in [-0.1, -0.05) is 36.9 Å². The van der Waals surface area contributed by atoms with Crippen molar-refractivity contribution < 1.29 is 4.79 Å². The van der Waals surface area contributed by atoms with Gasteiger partial charge in [0.2, 0.25) is 0 Å². The van der Waals surface area contributed by atoms with Crippen LogP contribution in [0.5, 0.6) is 0 Å². The molecular formula is C16H20O. The van der Waals surface area contributed by atoms with Crippen LogP contribution in [0.3, 0.4) is 0 Å². The van der Waals surface area contributed by atoms with Crippen LogP contribution in [-0.2, 0) is 11.2 Å². The Balaban J connectivity index is 1.79. The highest BCUT2D eigenvalue weighted by molar-refractivity contribution is 5.95. The molecule has 1 heteroatoms. The Labute approximate surface area is 104 Å². The molecule has 0 N–H and O–H groups in total. The molecule has 0 saturated heterocycles. The number of aryl methyl sites for hydroxylation is 1. The van der Waals surface area contributed by atoms with Crippen LogP contribution in [0.4, 0.5) is 0 Å². The average Bonchev–Trinajstić information content (AvgIpc) is 2.36. The molecule has 0 aromatic heterocycles. The zero-order chi connectivity index (χ0) is 12.1. The Morgan fingerprint density at radius 2 is 2.00 bits per heavy atom. The Morgan fingerprint density at radius 3 is 2.76 bits per heavy atom. The van der Waals surface area contributed by atoms with Gasteiger partial charge in [0, 0.05) is 6.42 Å². The van der Waals surface area contributed by atoms with Crippen molar-refractivity contribution >= 4 is 5.78 Å². The van der Waals surface area contributed by atoms with E-state index in [9.17, 15) is 4.79 Å². The molecule has 0 spiro atoms. The molecule has 17 heavy (non-hydrogen) atoms. The van der Waals surface area contributed by atoms with Gasteiger partial charge in [0.1, 0.15) is 0 Å². The van der Waals surface area contributed by atoms with Crippen LogP contribution < -0.4 is 0 Å². The summed E-state index contributed by atoms with van der Waals surface area (Å²) in [4.78, 5) is 11.5. The highest BCUT2D eigenvalue weighted by Gasteiger charge is 2.22. The third-order valence-electron chi connectivity index (χ3n) is 3.67. The van der Waals surface area contributed by atoms with Crippen LogP contribution in [0.2, 0.25) is 0 Å². The van der Waals surface area contributed by atoms with Crippen LogP contribution in [0, 0.1) is 5.92 Å². The number of hydrogen-bond acceptors (Lipinski definition) is 1. The largest absolute Gasteiger partial charge is 0.295 e. The molecule has 1 aromatic rings. The van der Waals surface area contributed by atoms with Gasteiger partial charge in [-0.15, -0.1) is 0 Å². The standard InChI is InChI=1S/C16H20O/c1-13-15(11-6-12-16(13)17)10-5-9-14-7-3-2-4-8-14/h2-4,7-8,15H,1,5-6,9-12H2. The molecule has 90 valence electrons. The number of benzene rings is 1. The van der Waals surface area contributed by atoms with Crippen LogP contribution in [0.25, 0.3) is 0 Å². The molecule has 0 amide bonds. The Hall–Kier alpha value is -1.37. The second-order valence-electron chi connectivity index (χ2n) is 4.92. The summed E-state index contributed by atoms with van der Waals surface area (Å²) in [6.07, 6.45) is 6.29. The SMILES string of the molecule is C=C1C(=O)CCCC1CCCc1ccccc1. The summed E-state index contributed by atoms with van der Waals surface area (Å²) in [6, 6.07) is 10.5. The summed E-state index contributed by atoms with van der Waals surface area (Å²) in [5.41, 5.74) is 2.27. The fourth-order valence-corrected chi connectivity index (χ4v) is 2.59. The second kappa shape index (κ2) is 5.81. The minimum atomic E-state index is 0.293. The fourth-order valence-electron chi connectivity index (χ4n) is 2.59. The van der Waals surface area contributed by atoms with E-state index in [0.717, 1.165) is 37.7 Å². The van der Waals surface area contributed by atoms with Gasteiger partial charge in [-0.05, 0) is 49.2 Å². The van der Waals surface area contributed by atoms with Gasteiger partial charge < -0.3 is 0 Å². The molecule has 0 aliphatic heterocycles. The predicted octanol–water partition coefficient (Wildman–Crippen LogP) is 3.93. The van der Waals surface area contributed by atoms with Gasteiger partial charge in [0.05, 0.1) is 0 Å². The molecular weight excluding hydrogens is 208 g/mol. The van der Waals surface area contributed by atoms with Crippen molar-refractivity contribution in [3.05, 3.63) is 48.0 Å². The number of Topliss-reactive ketones (excluding diaryl/α,β-unsaturated/α-hetero) is 1. The fraction of sp³-hybridized carbons (Fsp3) is 0.438. The Kier molecular flexibility index (Phi) is 4.13. The van der Waals surface area contributed by atoms with Gasteiger partial charge in [-0.2, -0.15) is 0 Å². The Bertz CT molecular complexity index is 391. The zero-order valence-corrected chi connectivity index (χ0v) is 10.3. The first-order valence-corrected chi connectivity index (χ1v) is 6.53. The smallest absolute Gasteiger partial charge is 0.158 e. The number of ketones is 1. The van der Waals surface area contributed by atoms with E-state index in [0.29, 0.717) is 18.1 Å². The van der Waals surface area contributed by atoms with E-state index in [1.165, 1.54) is 5.56 Å². The van der Waals surface area contributed by atoms with Crippen molar-refractivity contribution in [3.63, 3.8) is 0 Å². The maximum Gasteiger partial charge on any atom is 0.158 e. The van der Waals surface area contributed by atoms with E-state index in [4.69, 9.17) is 0 Å². The van der Waals surface area contributed by atoms with Crippen molar-refractivity contribution in [2.75, 3.05) is 0 Å². The molecule has 1 atom stereocenters. The number of carbonyl (C=O) groups is 1. The zero-order valence-electron chi connectivity index (χ0n) is 10.3. The third-order valence-corrected chi connectivity index (χ3v) is 3.67. The van der Waals surface area contributed by atoms with Crippen molar-refractivity contribution in [1.82, 2.24) is 0 Å². The summed E-state index contributed by atoms with van der Waals surface area (Å²) in [7, 11) is 0. The van der Waals surface area contributed by atoms with Crippen molar-refractivity contribution in [2.45, 2.75) is 38.5 Å². The summed E-state index contributed by atoms with van der Waals surface area (Å²) in [6.45, 7) is 3.95. The molecule has 1 nitrogen and oxygen atoms in total. The molecule has 2 rings (SSSR count). The first kappa shape index (κ1) is 12.1. The predicted molar refractivity (Wildman–Crippen MR) is 70.9 cm³/mol. The van der Waals surface area contributed by atoms with Crippen LogP contribution >= 0.6 is 0 Å². The van der Waals surface area contributed by atoms with Crippen LogP contribution in [0.15, 0.2) is 42.5 Å². The van der Waals surface area contributed by atoms with Gasteiger partial charge >= 0.3 is 0 Å². The lowest BCUT2D eigenvalue weighted by molar-refractivity contribution is -0.117. The lowest BCUT2D eigenvalue weighted by Crippen LogP contribution is -2.18. The van der Waals surface area contributed by atoms with E-state index in [1.54, 1.807) is 0 Å². The van der Waals surface area contributed by atoms with Crippen molar-refractivity contribution in [3.8, 4) is 0 Å². The minimum Gasteiger partial charge on any atom is -0.295 e. The molecule has 1 fully saturated rings. The van der Waals surface area contributed by atoms with Gasteiger partial charge in [-0.25, -0.2) is 0 Å². The van der Waals surface area contributed by atoms with Gasteiger partial charge in [0.25, 0.3) is 0 Å². The topological polar surface area (TPSA) is 17.1 Å². The lowest BCUT2D eigenvalue weighted by atomic mass is 9.81. The maximum atomic E-state index is 11.5. The van der Waals surface area contributed by atoms with Gasteiger partial charge in [-0.3, -0.25) is 4.79 Å². The van der Waals surface area contributed by atoms with E-state index < -0.39 is 0 Å². The highest BCUT2D eigenvalue weighted by atomic mass is 16.1. The molecule has 1 saturated carbocycles. The van der Waals surface area contributed by atoms with Crippen LogP contribution in [-0.4, -0.2) is 5.78 Å². The van der Waals surface area contributed by atoms with E-state index in [-0.39, 0.29) is 0 Å². The van der Waals surface area contributed by atoms with Crippen molar-refractivity contribution in [2.24, 2.45) is 5.92 Å². The number of hydrogen-bond donors (Lipinski definition) is 0.